The molecule has 1 aromatic rings. The van der Waals surface area contributed by atoms with Gasteiger partial charge in [0.15, 0.2) is 0 Å². The third kappa shape index (κ3) is 3.54. The highest BCUT2D eigenvalue weighted by Gasteiger charge is 2.36. The highest BCUT2D eigenvalue weighted by atomic mass is 19.1. The summed E-state index contributed by atoms with van der Waals surface area (Å²) in [6.45, 7) is 6.73. The maximum absolute atomic E-state index is 13.3. The van der Waals surface area contributed by atoms with E-state index < -0.39 is 5.60 Å². The fraction of sp³-hybridized carbons (Fsp3) is 0.625. The standard InChI is InChI=1S/C16H23FO2/c1-11(2)15-10-16(18,6-7-19-15)9-13-8-14(17)5-4-12(13)3/h4-5,8,11,15,18H,6-7,9-10H2,1-3H3. The first kappa shape index (κ1) is 14.5. The van der Waals surface area contributed by atoms with Gasteiger partial charge in [0.1, 0.15) is 5.82 Å². The van der Waals surface area contributed by atoms with Gasteiger partial charge in [-0.25, -0.2) is 4.39 Å². The maximum atomic E-state index is 13.3. The molecule has 0 aliphatic carbocycles. The van der Waals surface area contributed by atoms with Gasteiger partial charge in [-0.15, -0.1) is 0 Å². The van der Waals surface area contributed by atoms with Crippen molar-refractivity contribution in [3.63, 3.8) is 0 Å². The van der Waals surface area contributed by atoms with Crippen LogP contribution < -0.4 is 0 Å². The van der Waals surface area contributed by atoms with Crippen molar-refractivity contribution >= 4 is 0 Å². The number of hydrogen-bond donors (Lipinski definition) is 1. The molecule has 3 heteroatoms. The number of halogens is 1. The summed E-state index contributed by atoms with van der Waals surface area (Å²) < 4.78 is 19.0. The summed E-state index contributed by atoms with van der Waals surface area (Å²) in [6.07, 6.45) is 1.84. The van der Waals surface area contributed by atoms with E-state index in [-0.39, 0.29) is 11.9 Å². The molecule has 0 amide bonds. The molecule has 19 heavy (non-hydrogen) atoms. The van der Waals surface area contributed by atoms with Crippen molar-refractivity contribution in [3.05, 3.63) is 35.1 Å². The molecule has 106 valence electrons. The smallest absolute Gasteiger partial charge is 0.123 e. The van der Waals surface area contributed by atoms with Crippen LogP contribution >= 0.6 is 0 Å². The van der Waals surface area contributed by atoms with E-state index in [2.05, 4.69) is 13.8 Å². The Bertz CT molecular complexity index is 444. The van der Waals surface area contributed by atoms with E-state index in [1.807, 2.05) is 6.92 Å². The third-order valence-corrected chi connectivity index (χ3v) is 4.05. The van der Waals surface area contributed by atoms with E-state index >= 15 is 0 Å². The fourth-order valence-electron chi connectivity index (χ4n) is 2.71. The normalized spacial score (nSPS) is 27.8. The molecule has 1 aliphatic heterocycles. The molecule has 0 bridgehead atoms. The number of benzene rings is 1. The molecule has 1 saturated heterocycles. The maximum Gasteiger partial charge on any atom is 0.123 e. The van der Waals surface area contributed by atoms with Crippen molar-refractivity contribution in [1.29, 1.82) is 0 Å². The van der Waals surface area contributed by atoms with Gasteiger partial charge in [-0.05, 0) is 42.5 Å². The van der Waals surface area contributed by atoms with Crippen LogP contribution in [0.3, 0.4) is 0 Å². The number of aliphatic hydroxyl groups is 1. The van der Waals surface area contributed by atoms with Gasteiger partial charge in [0, 0.05) is 19.4 Å². The van der Waals surface area contributed by atoms with Crippen LogP contribution in [-0.2, 0) is 11.2 Å². The number of rotatable bonds is 3. The Balaban J connectivity index is 2.14. The highest BCUT2D eigenvalue weighted by Crippen LogP contribution is 2.32. The van der Waals surface area contributed by atoms with Gasteiger partial charge in [-0.2, -0.15) is 0 Å². The molecular formula is C16H23FO2. The van der Waals surface area contributed by atoms with Gasteiger partial charge >= 0.3 is 0 Å². The molecule has 2 atom stereocenters. The second-order valence-corrected chi connectivity index (χ2v) is 6.08. The van der Waals surface area contributed by atoms with Crippen LogP contribution in [0.15, 0.2) is 18.2 Å². The Labute approximate surface area is 114 Å². The predicted octanol–water partition coefficient (Wildman–Crippen LogP) is 3.24. The lowest BCUT2D eigenvalue weighted by Gasteiger charge is -2.39. The van der Waals surface area contributed by atoms with Crippen molar-refractivity contribution < 1.29 is 14.2 Å². The van der Waals surface area contributed by atoms with Crippen LogP contribution in [0.1, 0.15) is 37.8 Å². The summed E-state index contributed by atoms with van der Waals surface area (Å²) >= 11 is 0. The van der Waals surface area contributed by atoms with Crippen LogP contribution in [0.4, 0.5) is 4.39 Å². The zero-order valence-electron chi connectivity index (χ0n) is 11.9. The van der Waals surface area contributed by atoms with Crippen molar-refractivity contribution in [2.75, 3.05) is 6.61 Å². The Kier molecular flexibility index (Phi) is 4.26. The third-order valence-electron chi connectivity index (χ3n) is 4.05. The van der Waals surface area contributed by atoms with Crippen LogP contribution in [-0.4, -0.2) is 23.4 Å². The Morgan fingerprint density at radius 3 is 2.89 bits per heavy atom. The molecule has 1 fully saturated rings. The summed E-state index contributed by atoms with van der Waals surface area (Å²) in [7, 11) is 0. The minimum atomic E-state index is -0.772. The molecule has 0 aromatic heterocycles. The largest absolute Gasteiger partial charge is 0.389 e. The molecule has 2 unspecified atom stereocenters. The summed E-state index contributed by atoms with van der Waals surface area (Å²) in [5, 5.41) is 10.8. The van der Waals surface area contributed by atoms with Gasteiger partial charge < -0.3 is 9.84 Å². The average Bonchev–Trinajstić information content (AvgIpc) is 2.33. The highest BCUT2D eigenvalue weighted by molar-refractivity contribution is 5.28. The molecular weight excluding hydrogens is 243 g/mol. The first-order valence-electron chi connectivity index (χ1n) is 6.99. The lowest BCUT2D eigenvalue weighted by Crippen LogP contribution is -2.44. The zero-order chi connectivity index (χ0) is 14.0. The molecule has 0 saturated carbocycles. The SMILES string of the molecule is Cc1ccc(F)cc1CC1(O)CCOC(C(C)C)C1. The van der Waals surface area contributed by atoms with Gasteiger partial charge in [-0.1, -0.05) is 19.9 Å². The molecule has 1 heterocycles. The molecule has 0 radical (unpaired) electrons. The van der Waals surface area contributed by atoms with E-state index in [0.29, 0.717) is 31.8 Å². The number of ether oxygens (including phenoxy) is 1. The Hall–Kier alpha value is -0.930. The molecule has 2 rings (SSSR count). The summed E-state index contributed by atoms with van der Waals surface area (Å²) in [4.78, 5) is 0. The van der Waals surface area contributed by atoms with E-state index in [0.717, 1.165) is 11.1 Å². The molecule has 1 aromatic carbocycles. The average molecular weight is 266 g/mol. The predicted molar refractivity (Wildman–Crippen MR) is 73.6 cm³/mol. The first-order chi connectivity index (χ1) is 8.89. The van der Waals surface area contributed by atoms with Crippen LogP contribution in [0.25, 0.3) is 0 Å². The van der Waals surface area contributed by atoms with Crippen LogP contribution in [0.5, 0.6) is 0 Å². The van der Waals surface area contributed by atoms with Crippen molar-refractivity contribution in [2.45, 2.75) is 51.7 Å². The lowest BCUT2D eigenvalue weighted by atomic mass is 9.81. The van der Waals surface area contributed by atoms with Crippen molar-refractivity contribution in [3.8, 4) is 0 Å². The monoisotopic (exact) mass is 266 g/mol. The van der Waals surface area contributed by atoms with Crippen LogP contribution in [0.2, 0.25) is 0 Å². The van der Waals surface area contributed by atoms with Crippen molar-refractivity contribution in [1.82, 2.24) is 0 Å². The zero-order valence-corrected chi connectivity index (χ0v) is 11.9. The summed E-state index contributed by atoms with van der Waals surface area (Å²) in [6, 6.07) is 4.77. The second-order valence-electron chi connectivity index (χ2n) is 6.08. The van der Waals surface area contributed by atoms with E-state index in [1.54, 1.807) is 6.07 Å². The molecule has 2 nitrogen and oxygen atoms in total. The number of aryl methyl sites for hydroxylation is 1. The van der Waals surface area contributed by atoms with Crippen molar-refractivity contribution in [2.24, 2.45) is 5.92 Å². The van der Waals surface area contributed by atoms with Gasteiger partial charge in [0.2, 0.25) is 0 Å². The first-order valence-corrected chi connectivity index (χ1v) is 6.99. The summed E-state index contributed by atoms with van der Waals surface area (Å²) in [5.41, 5.74) is 1.15. The van der Waals surface area contributed by atoms with Crippen LogP contribution in [0, 0.1) is 18.7 Å². The van der Waals surface area contributed by atoms with Gasteiger partial charge in [0.25, 0.3) is 0 Å². The van der Waals surface area contributed by atoms with E-state index in [1.165, 1.54) is 12.1 Å². The Morgan fingerprint density at radius 1 is 1.47 bits per heavy atom. The minimum Gasteiger partial charge on any atom is -0.389 e. The van der Waals surface area contributed by atoms with E-state index in [9.17, 15) is 9.50 Å². The quantitative estimate of drug-likeness (QED) is 0.910. The topological polar surface area (TPSA) is 29.5 Å². The number of hydrogen-bond acceptors (Lipinski definition) is 2. The molecule has 1 N–H and O–H groups in total. The fourth-order valence-corrected chi connectivity index (χ4v) is 2.71. The van der Waals surface area contributed by atoms with Gasteiger partial charge in [-0.3, -0.25) is 0 Å². The second kappa shape index (κ2) is 5.59. The molecule has 1 aliphatic rings. The van der Waals surface area contributed by atoms with E-state index in [4.69, 9.17) is 4.74 Å². The summed E-state index contributed by atoms with van der Waals surface area (Å²) in [5.74, 6) is 0.150. The Morgan fingerprint density at radius 2 is 2.21 bits per heavy atom. The molecule has 0 spiro atoms. The minimum absolute atomic E-state index is 0.0904. The van der Waals surface area contributed by atoms with Gasteiger partial charge in [0.05, 0.1) is 11.7 Å². The lowest BCUT2D eigenvalue weighted by molar-refractivity contribution is -0.116.